The fourth-order valence-corrected chi connectivity index (χ4v) is 2.46. The molecule has 1 N–H and O–H groups in total. The van der Waals surface area contributed by atoms with Crippen LogP contribution in [0.25, 0.3) is 10.2 Å². The van der Waals surface area contributed by atoms with Crippen LogP contribution in [0.15, 0.2) is 17.8 Å². The number of alkyl halides is 3. The van der Waals surface area contributed by atoms with Crippen LogP contribution in [0.2, 0.25) is 0 Å². The van der Waals surface area contributed by atoms with E-state index in [1.165, 1.54) is 17.7 Å². The lowest BCUT2D eigenvalue weighted by molar-refractivity contribution is -0.119. The van der Waals surface area contributed by atoms with Gasteiger partial charge in [0.15, 0.2) is 0 Å². The number of rotatable bonds is 4. The molecular formula is C10H10F3N3OS. The van der Waals surface area contributed by atoms with Gasteiger partial charge in [0.2, 0.25) is 0 Å². The number of aliphatic hydroxyl groups is 1. The maximum Gasteiger partial charge on any atom is 0.405 e. The molecule has 98 valence electrons. The Morgan fingerprint density at radius 2 is 2.11 bits per heavy atom. The quantitative estimate of drug-likeness (QED) is 0.929. The van der Waals surface area contributed by atoms with Gasteiger partial charge in [0.1, 0.15) is 18.7 Å². The van der Waals surface area contributed by atoms with E-state index >= 15 is 0 Å². The molecule has 4 nitrogen and oxygen atoms in total. The number of anilines is 1. The molecule has 0 saturated heterocycles. The SMILES string of the molecule is OCCN(CC(F)(F)F)c1ncnc2ccsc12. The number of hydrogen-bond acceptors (Lipinski definition) is 5. The Balaban J connectivity index is 2.38. The van der Waals surface area contributed by atoms with Crippen molar-refractivity contribution in [2.24, 2.45) is 0 Å². The highest BCUT2D eigenvalue weighted by Crippen LogP contribution is 2.29. The van der Waals surface area contributed by atoms with Gasteiger partial charge in [-0.25, -0.2) is 9.97 Å². The van der Waals surface area contributed by atoms with Crippen LogP contribution in [0.5, 0.6) is 0 Å². The predicted octanol–water partition coefficient (Wildman–Crippen LogP) is 2.05. The average Bonchev–Trinajstić information content (AvgIpc) is 2.74. The Hall–Kier alpha value is -1.41. The van der Waals surface area contributed by atoms with E-state index in [1.54, 1.807) is 11.4 Å². The van der Waals surface area contributed by atoms with Crippen LogP contribution in [0.4, 0.5) is 19.0 Å². The zero-order valence-corrected chi connectivity index (χ0v) is 10.0. The zero-order valence-electron chi connectivity index (χ0n) is 9.18. The van der Waals surface area contributed by atoms with E-state index < -0.39 is 12.7 Å². The van der Waals surface area contributed by atoms with Gasteiger partial charge in [-0.05, 0) is 11.4 Å². The van der Waals surface area contributed by atoms with E-state index in [0.29, 0.717) is 10.2 Å². The van der Waals surface area contributed by atoms with Gasteiger partial charge < -0.3 is 10.0 Å². The van der Waals surface area contributed by atoms with Crippen molar-refractivity contribution in [3.63, 3.8) is 0 Å². The Kier molecular flexibility index (Phi) is 3.67. The summed E-state index contributed by atoms with van der Waals surface area (Å²) in [6.07, 6.45) is -3.12. The van der Waals surface area contributed by atoms with E-state index in [-0.39, 0.29) is 19.0 Å². The van der Waals surface area contributed by atoms with E-state index in [1.807, 2.05) is 0 Å². The predicted molar refractivity (Wildman–Crippen MR) is 62.8 cm³/mol. The van der Waals surface area contributed by atoms with Crippen molar-refractivity contribution in [1.82, 2.24) is 9.97 Å². The Bertz CT molecular complexity index is 528. The van der Waals surface area contributed by atoms with Crippen LogP contribution in [-0.4, -0.2) is 40.9 Å². The second-order valence-electron chi connectivity index (χ2n) is 3.59. The van der Waals surface area contributed by atoms with E-state index in [4.69, 9.17) is 5.11 Å². The van der Waals surface area contributed by atoms with E-state index in [9.17, 15) is 13.2 Å². The van der Waals surface area contributed by atoms with Crippen LogP contribution < -0.4 is 4.90 Å². The number of halogens is 3. The zero-order chi connectivity index (χ0) is 13.2. The molecule has 0 aromatic carbocycles. The number of thiophene rings is 1. The van der Waals surface area contributed by atoms with Crippen molar-refractivity contribution < 1.29 is 18.3 Å². The monoisotopic (exact) mass is 277 g/mol. The molecule has 0 radical (unpaired) electrons. The van der Waals surface area contributed by atoms with Crippen LogP contribution in [0.1, 0.15) is 0 Å². The second kappa shape index (κ2) is 5.07. The minimum absolute atomic E-state index is 0.122. The molecule has 0 aliphatic heterocycles. The molecule has 8 heteroatoms. The molecule has 0 unspecified atom stereocenters. The number of aromatic nitrogens is 2. The smallest absolute Gasteiger partial charge is 0.395 e. The van der Waals surface area contributed by atoms with Crippen LogP contribution >= 0.6 is 11.3 Å². The molecule has 0 atom stereocenters. The standard InChI is InChI=1S/C10H10F3N3OS/c11-10(12,13)5-16(2-3-17)9-8-7(1-4-18-8)14-6-15-9/h1,4,6,17H,2-3,5H2. The van der Waals surface area contributed by atoms with Gasteiger partial charge in [-0.1, -0.05) is 0 Å². The molecule has 0 bridgehead atoms. The first-order chi connectivity index (χ1) is 8.51. The Morgan fingerprint density at radius 1 is 1.33 bits per heavy atom. The minimum Gasteiger partial charge on any atom is -0.395 e. The first-order valence-electron chi connectivity index (χ1n) is 5.12. The summed E-state index contributed by atoms with van der Waals surface area (Å²) in [5.74, 6) is 0.210. The molecule has 2 aromatic rings. The van der Waals surface area contributed by atoms with Gasteiger partial charge in [-0.3, -0.25) is 0 Å². The van der Waals surface area contributed by atoms with Gasteiger partial charge >= 0.3 is 6.18 Å². The van der Waals surface area contributed by atoms with Gasteiger partial charge in [0.05, 0.1) is 16.8 Å². The fraction of sp³-hybridized carbons (Fsp3) is 0.400. The van der Waals surface area contributed by atoms with Crippen LogP contribution in [-0.2, 0) is 0 Å². The van der Waals surface area contributed by atoms with Crippen molar-refractivity contribution in [2.75, 3.05) is 24.6 Å². The summed E-state index contributed by atoms with van der Waals surface area (Å²) in [5.41, 5.74) is 0.607. The van der Waals surface area contributed by atoms with Gasteiger partial charge in [0, 0.05) is 6.54 Å². The highest BCUT2D eigenvalue weighted by atomic mass is 32.1. The van der Waals surface area contributed by atoms with Gasteiger partial charge in [-0.15, -0.1) is 11.3 Å². The van der Waals surface area contributed by atoms with Gasteiger partial charge in [-0.2, -0.15) is 13.2 Å². The number of aliphatic hydroxyl groups excluding tert-OH is 1. The largest absolute Gasteiger partial charge is 0.405 e. The number of nitrogens with zero attached hydrogens (tertiary/aromatic N) is 3. The lowest BCUT2D eigenvalue weighted by Crippen LogP contribution is -2.36. The third-order valence-corrected chi connectivity index (χ3v) is 3.16. The molecule has 0 aliphatic carbocycles. The molecule has 0 saturated carbocycles. The highest BCUT2D eigenvalue weighted by molar-refractivity contribution is 7.17. The van der Waals surface area contributed by atoms with Crippen LogP contribution in [0, 0.1) is 0 Å². The summed E-state index contributed by atoms with van der Waals surface area (Å²) in [6, 6.07) is 1.72. The first-order valence-corrected chi connectivity index (χ1v) is 6.00. The second-order valence-corrected chi connectivity index (χ2v) is 4.51. The maximum atomic E-state index is 12.5. The van der Waals surface area contributed by atoms with Crippen molar-refractivity contribution in [3.8, 4) is 0 Å². The number of hydrogen-bond donors (Lipinski definition) is 1. The fourth-order valence-electron chi connectivity index (χ4n) is 1.60. The molecule has 0 spiro atoms. The third-order valence-electron chi connectivity index (χ3n) is 2.26. The molecule has 2 rings (SSSR count). The molecule has 2 heterocycles. The summed E-state index contributed by atoms with van der Waals surface area (Å²) in [7, 11) is 0. The maximum absolute atomic E-state index is 12.5. The minimum atomic E-state index is -4.34. The molecule has 0 aliphatic rings. The van der Waals surface area contributed by atoms with Gasteiger partial charge in [0.25, 0.3) is 0 Å². The first kappa shape index (κ1) is 13.0. The normalized spacial score (nSPS) is 12.0. The summed E-state index contributed by atoms with van der Waals surface area (Å²) in [4.78, 5) is 8.88. The molecular weight excluding hydrogens is 267 g/mol. The topological polar surface area (TPSA) is 49.2 Å². The Morgan fingerprint density at radius 3 is 2.78 bits per heavy atom. The van der Waals surface area contributed by atoms with Crippen LogP contribution in [0.3, 0.4) is 0 Å². The molecule has 0 amide bonds. The highest BCUT2D eigenvalue weighted by Gasteiger charge is 2.32. The van der Waals surface area contributed by atoms with E-state index in [2.05, 4.69) is 9.97 Å². The lowest BCUT2D eigenvalue weighted by Gasteiger charge is -2.24. The van der Waals surface area contributed by atoms with Crippen molar-refractivity contribution in [1.29, 1.82) is 0 Å². The summed E-state index contributed by atoms with van der Waals surface area (Å²) < 4.78 is 38.0. The third kappa shape index (κ3) is 2.88. The molecule has 0 fully saturated rings. The van der Waals surface area contributed by atoms with Crippen molar-refractivity contribution in [3.05, 3.63) is 17.8 Å². The Labute approximate surface area is 105 Å². The van der Waals surface area contributed by atoms with Crippen molar-refractivity contribution >= 4 is 27.4 Å². The summed E-state index contributed by atoms with van der Waals surface area (Å²) >= 11 is 1.28. The molecule has 18 heavy (non-hydrogen) atoms. The number of fused-ring (bicyclic) bond motifs is 1. The van der Waals surface area contributed by atoms with Crippen molar-refractivity contribution in [2.45, 2.75) is 6.18 Å². The average molecular weight is 277 g/mol. The molecule has 2 aromatic heterocycles. The summed E-state index contributed by atoms with van der Waals surface area (Å²) in [6.45, 7) is -1.63. The lowest BCUT2D eigenvalue weighted by atomic mass is 10.4. The van der Waals surface area contributed by atoms with E-state index in [0.717, 1.165) is 4.90 Å². The summed E-state index contributed by atoms with van der Waals surface area (Å²) in [5, 5.41) is 10.6.